The fourth-order valence-electron chi connectivity index (χ4n) is 1.90. The van der Waals surface area contributed by atoms with Crippen molar-refractivity contribution in [2.75, 3.05) is 14.2 Å². The number of rotatable bonds is 4. The summed E-state index contributed by atoms with van der Waals surface area (Å²) in [5, 5.41) is 7.28. The van der Waals surface area contributed by atoms with E-state index < -0.39 is 0 Å². The van der Waals surface area contributed by atoms with Crippen LogP contribution >= 0.6 is 0 Å². The highest BCUT2D eigenvalue weighted by molar-refractivity contribution is 5.33. The van der Waals surface area contributed by atoms with Crippen LogP contribution < -0.4 is 10.1 Å². The normalized spacial score (nSPS) is 12.4. The van der Waals surface area contributed by atoms with Gasteiger partial charge in [-0.05, 0) is 19.2 Å². The van der Waals surface area contributed by atoms with Crippen LogP contribution in [0.4, 0.5) is 4.39 Å². The Morgan fingerprint density at radius 1 is 1.39 bits per heavy atom. The predicted octanol–water partition coefficient (Wildman–Crippen LogP) is 1.27. The SMILES string of the molecule is CNC(c1ccc(F)cn1)c1c(OC)cnn1C. The predicted molar refractivity (Wildman–Crippen MR) is 64.9 cm³/mol. The van der Waals surface area contributed by atoms with Gasteiger partial charge in [-0.1, -0.05) is 0 Å². The molecule has 5 nitrogen and oxygen atoms in total. The molecule has 2 heterocycles. The molecule has 2 rings (SSSR count). The van der Waals surface area contributed by atoms with Crippen LogP contribution in [0.25, 0.3) is 0 Å². The van der Waals surface area contributed by atoms with Gasteiger partial charge >= 0.3 is 0 Å². The molecule has 96 valence electrons. The molecule has 18 heavy (non-hydrogen) atoms. The first-order chi connectivity index (χ1) is 8.67. The number of aryl methyl sites for hydroxylation is 1. The molecule has 0 saturated heterocycles. The summed E-state index contributed by atoms with van der Waals surface area (Å²) < 4.78 is 19.9. The monoisotopic (exact) mass is 250 g/mol. The van der Waals surface area contributed by atoms with E-state index in [9.17, 15) is 4.39 Å². The van der Waals surface area contributed by atoms with Crippen molar-refractivity contribution >= 4 is 0 Å². The molecule has 2 aromatic heterocycles. The van der Waals surface area contributed by atoms with Gasteiger partial charge in [0.05, 0.1) is 31.2 Å². The quantitative estimate of drug-likeness (QED) is 0.888. The molecule has 1 unspecified atom stereocenters. The van der Waals surface area contributed by atoms with Crippen molar-refractivity contribution in [1.82, 2.24) is 20.1 Å². The molecule has 0 fully saturated rings. The Kier molecular flexibility index (Phi) is 3.57. The van der Waals surface area contributed by atoms with Gasteiger partial charge in [0.15, 0.2) is 5.75 Å². The van der Waals surface area contributed by atoms with E-state index in [0.29, 0.717) is 11.4 Å². The summed E-state index contributed by atoms with van der Waals surface area (Å²) in [4.78, 5) is 4.09. The number of halogens is 1. The van der Waals surface area contributed by atoms with Crippen molar-refractivity contribution < 1.29 is 9.13 Å². The van der Waals surface area contributed by atoms with Crippen LogP contribution in [0.5, 0.6) is 5.75 Å². The Morgan fingerprint density at radius 2 is 2.17 bits per heavy atom. The topological polar surface area (TPSA) is 52.0 Å². The summed E-state index contributed by atoms with van der Waals surface area (Å²) in [7, 11) is 5.22. The van der Waals surface area contributed by atoms with Crippen molar-refractivity contribution in [3.63, 3.8) is 0 Å². The summed E-state index contributed by atoms with van der Waals surface area (Å²) >= 11 is 0. The Balaban J connectivity index is 2.44. The fraction of sp³-hybridized carbons (Fsp3) is 0.333. The molecule has 0 aliphatic heterocycles. The Hall–Kier alpha value is -1.95. The highest BCUT2D eigenvalue weighted by atomic mass is 19.1. The van der Waals surface area contributed by atoms with Gasteiger partial charge in [0.1, 0.15) is 11.5 Å². The van der Waals surface area contributed by atoms with Crippen LogP contribution in [0, 0.1) is 5.82 Å². The maximum atomic E-state index is 12.9. The van der Waals surface area contributed by atoms with E-state index in [0.717, 1.165) is 5.69 Å². The lowest BCUT2D eigenvalue weighted by Crippen LogP contribution is -2.22. The van der Waals surface area contributed by atoms with E-state index in [4.69, 9.17) is 4.74 Å². The Bertz CT molecular complexity index is 523. The molecule has 2 aromatic rings. The maximum Gasteiger partial charge on any atom is 0.161 e. The molecular formula is C12H15FN4O. The summed E-state index contributed by atoms with van der Waals surface area (Å²) in [6.07, 6.45) is 2.84. The zero-order valence-electron chi connectivity index (χ0n) is 10.5. The number of nitrogens with zero attached hydrogens (tertiary/aromatic N) is 3. The molecule has 0 spiro atoms. The zero-order chi connectivity index (χ0) is 13.1. The first-order valence-electron chi connectivity index (χ1n) is 5.52. The molecule has 1 N–H and O–H groups in total. The summed E-state index contributed by atoms with van der Waals surface area (Å²) in [5.74, 6) is 0.313. The largest absolute Gasteiger partial charge is 0.493 e. The number of hydrogen-bond donors (Lipinski definition) is 1. The van der Waals surface area contributed by atoms with Crippen LogP contribution in [-0.2, 0) is 7.05 Å². The van der Waals surface area contributed by atoms with Gasteiger partial charge in [-0.3, -0.25) is 9.67 Å². The Morgan fingerprint density at radius 3 is 2.72 bits per heavy atom. The van der Waals surface area contributed by atoms with E-state index in [1.54, 1.807) is 24.1 Å². The zero-order valence-corrected chi connectivity index (χ0v) is 10.5. The Labute approximate surface area is 105 Å². The first kappa shape index (κ1) is 12.5. The lowest BCUT2D eigenvalue weighted by atomic mass is 10.1. The number of methoxy groups -OCH3 is 1. The lowest BCUT2D eigenvalue weighted by molar-refractivity contribution is 0.402. The molecule has 0 amide bonds. The van der Waals surface area contributed by atoms with Gasteiger partial charge < -0.3 is 10.1 Å². The molecule has 0 radical (unpaired) electrons. The third-order valence-corrected chi connectivity index (χ3v) is 2.78. The number of nitrogens with one attached hydrogen (secondary N) is 1. The molecule has 0 aliphatic carbocycles. The number of pyridine rings is 1. The van der Waals surface area contributed by atoms with E-state index >= 15 is 0 Å². The van der Waals surface area contributed by atoms with Gasteiger partial charge in [-0.25, -0.2) is 4.39 Å². The standard InChI is InChI=1S/C12H15FN4O/c1-14-11(9-5-4-8(13)6-15-9)12-10(18-3)7-16-17(12)2/h4-7,11,14H,1-3H3. The molecule has 1 atom stereocenters. The van der Waals surface area contributed by atoms with Gasteiger partial charge in [0.25, 0.3) is 0 Å². The van der Waals surface area contributed by atoms with Crippen LogP contribution in [0.1, 0.15) is 17.4 Å². The number of ether oxygens (including phenoxy) is 1. The second kappa shape index (κ2) is 5.14. The molecule has 0 saturated carbocycles. The van der Waals surface area contributed by atoms with Crippen LogP contribution in [-0.4, -0.2) is 28.9 Å². The van der Waals surface area contributed by atoms with Gasteiger partial charge in [-0.15, -0.1) is 0 Å². The van der Waals surface area contributed by atoms with Crippen LogP contribution in [0.3, 0.4) is 0 Å². The van der Waals surface area contributed by atoms with Gasteiger partial charge in [-0.2, -0.15) is 5.10 Å². The third-order valence-electron chi connectivity index (χ3n) is 2.78. The second-order valence-corrected chi connectivity index (χ2v) is 3.84. The lowest BCUT2D eigenvalue weighted by Gasteiger charge is -2.17. The van der Waals surface area contributed by atoms with Crippen molar-refractivity contribution in [2.45, 2.75) is 6.04 Å². The first-order valence-corrected chi connectivity index (χ1v) is 5.52. The smallest absolute Gasteiger partial charge is 0.161 e. The number of aromatic nitrogens is 3. The second-order valence-electron chi connectivity index (χ2n) is 3.84. The minimum Gasteiger partial charge on any atom is -0.493 e. The minimum atomic E-state index is -0.356. The van der Waals surface area contributed by atoms with Crippen molar-refractivity contribution in [2.24, 2.45) is 7.05 Å². The highest BCUT2D eigenvalue weighted by Gasteiger charge is 2.22. The van der Waals surface area contributed by atoms with Crippen LogP contribution in [0.2, 0.25) is 0 Å². The highest BCUT2D eigenvalue weighted by Crippen LogP contribution is 2.28. The van der Waals surface area contributed by atoms with E-state index in [-0.39, 0.29) is 11.9 Å². The summed E-state index contributed by atoms with van der Waals surface area (Å²) in [6, 6.07) is 2.83. The minimum absolute atomic E-state index is 0.201. The van der Waals surface area contributed by atoms with E-state index in [2.05, 4.69) is 15.4 Å². The van der Waals surface area contributed by atoms with Crippen LogP contribution in [0.15, 0.2) is 24.5 Å². The molecule has 0 bridgehead atoms. The summed E-state index contributed by atoms with van der Waals surface area (Å²) in [5.41, 5.74) is 1.56. The fourth-order valence-corrected chi connectivity index (χ4v) is 1.90. The average molecular weight is 250 g/mol. The van der Waals surface area contributed by atoms with E-state index in [1.165, 1.54) is 12.3 Å². The molecular weight excluding hydrogens is 235 g/mol. The average Bonchev–Trinajstić information content (AvgIpc) is 2.74. The van der Waals surface area contributed by atoms with Crippen molar-refractivity contribution in [3.05, 3.63) is 41.7 Å². The maximum absolute atomic E-state index is 12.9. The molecule has 0 aliphatic rings. The molecule has 6 heteroatoms. The van der Waals surface area contributed by atoms with Crippen molar-refractivity contribution in [3.8, 4) is 5.75 Å². The van der Waals surface area contributed by atoms with E-state index in [1.807, 2.05) is 14.1 Å². The number of hydrogen-bond acceptors (Lipinski definition) is 4. The van der Waals surface area contributed by atoms with Crippen molar-refractivity contribution in [1.29, 1.82) is 0 Å². The third kappa shape index (κ3) is 2.19. The summed E-state index contributed by atoms with van der Waals surface area (Å²) in [6.45, 7) is 0. The molecule has 0 aromatic carbocycles. The van der Waals surface area contributed by atoms with Gasteiger partial charge in [0, 0.05) is 7.05 Å². The van der Waals surface area contributed by atoms with Gasteiger partial charge in [0.2, 0.25) is 0 Å².